The molecule has 2 atom stereocenters. The van der Waals surface area contributed by atoms with Crippen molar-refractivity contribution in [2.24, 2.45) is 16.7 Å². The third kappa shape index (κ3) is 1.40. The van der Waals surface area contributed by atoms with Crippen LogP contribution in [0.25, 0.3) is 6.08 Å². The van der Waals surface area contributed by atoms with Crippen LogP contribution in [0.1, 0.15) is 39.2 Å². The highest BCUT2D eigenvalue weighted by Gasteiger charge is 2.61. The first-order valence-corrected chi connectivity index (χ1v) is 7.19. The van der Waals surface area contributed by atoms with Gasteiger partial charge in [0.1, 0.15) is 0 Å². The molecule has 0 aliphatic heterocycles. The van der Waals surface area contributed by atoms with Crippen molar-refractivity contribution in [1.29, 1.82) is 0 Å². The number of allylic oxidation sites excluding steroid dienone is 1. The van der Waals surface area contributed by atoms with E-state index in [4.69, 9.17) is 12.2 Å². The highest BCUT2D eigenvalue weighted by molar-refractivity contribution is 7.81. The first-order valence-electron chi connectivity index (χ1n) is 6.78. The Morgan fingerprint density at radius 2 is 1.83 bits per heavy atom. The Kier molecular flexibility index (Phi) is 2.54. The summed E-state index contributed by atoms with van der Waals surface area (Å²) in [5.74, 6) is 0.648. The summed E-state index contributed by atoms with van der Waals surface area (Å²) < 4.78 is 0. The van der Waals surface area contributed by atoms with Crippen molar-refractivity contribution < 1.29 is 0 Å². The van der Waals surface area contributed by atoms with E-state index in [0.717, 1.165) is 0 Å². The van der Waals surface area contributed by atoms with Gasteiger partial charge >= 0.3 is 0 Å². The number of hydrogen-bond acceptors (Lipinski definition) is 1. The fourth-order valence-corrected chi connectivity index (χ4v) is 4.39. The lowest BCUT2D eigenvalue weighted by atomic mass is 9.71. The SMILES string of the molecule is CC12CCC(/C(=C/c3ccccc3)C1=S)C2(C)C. The van der Waals surface area contributed by atoms with Crippen LogP contribution in [0.5, 0.6) is 0 Å². The quantitative estimate of drug-likeness (QED) is 0.509. The molecule has 3 rings (SSSR count). The van der Waals surface area contributed by atoms with E-state index in [0.29, 0.717) is 11.3 Å². The fraction of sp³-hybridized carbons (Fsp3) is 0.471. The second-order valence-electron chi connectivity index (χ2n) is 6.48. The van der Waals surface area contributed by atoms with Gasteiger partial charge in [0.2, 0.25) is 0 Å². The van der Waals surface area contributed by atoms with Crippen LogP contribution in [0.2, 0.25) is 0 Å². The molecule has 2 fully saturated rings. The average Bonchev–Trinajstić information content (AvgIpc) is 2.65. The van der Waals surface area contributed by atoms with Gasteiger partial charge in [-0.1, -0.05) is 69.4 Å². The molecule has 94 valence electrons. The smallest absolute Gasteiger partial charge is 0.0252 e. The summed E-state index contributed by atoms with van der Waals surface area (Å²) >= 11 is 5.78. The van der Waals surface area contributed by atoms with Gasteiger partial charge in [-0.15, -0.1) is 0 Å². The van der Waals surface area contributed by atoms with Crippen molar-refractivity contribution in [1.82, 2.24) is 0 Å². The van der Waals surface area contributed by atoms with Gasteiger partial charge in [0.25, 0.3) is 0 Å². The van der Waals surface area contributed by atoms with Crippen molar-refractivity contribution in [3.05, 3.63) is 41.5 Å². The van der Waals surface area contributed by atoms with E-state index in [9.17, 15) is 0 Å². The first kappa shape index (κ1) is 12.1. The number of rotatable bonds is 1. The molecule has 0 radical (unpaired) electrons. The summed E-state index contributed by atoms with van der Waals surface area (Å²) in [6.45, 7) is 7.15. The summed E-state index contributed by atoms with van der Waals surface area (Å²) in [6, 6.07) is 10.6. The van der Waals surface area contributed by atoms with Crippen LogP contribution in [0.3, 0.4) is 0 Å². The molecule has 2 saturated carbocycles. The van der Waals surface area contributed by atoms with Gasteiger partial charge in [0.15, 0.2) is 0 Å². The molecule has 1 aromatic rings. The molecule has 0 amide bonds. The van der Waals surface area contributed by atoms with E-state index in [2.05, 4.69) is 57.2 Å². The van der Waals surface area contributed by atoms with Crippen molar-refractivity contribution in [3.63, 3.8) is 0 Å². The molecule has 0 aromatic heterocycles. The Labute approximate surface area is 115 Å². The molecule has 2 aliphatic carbocycles. The Bertz CT molecular complexity index is 524. The molecular formula is C17H20S. The minimum absolute atomic E-state index is 0.230. The van der Waals surface area contributed by atoms with Gasteiger partial charge in [-0.2, -0.15) is 0 Å². The Morgan fingerprint density at radius 1 is 1.17 bits per heavy atom. The molecule has 0 spiro atoms. The summed E-state index contributed by atoms with van der Waals surface area (Å²) in [7, 11) is 0. The van der Waals surface area contributed by atoms with E-state index < -0.39 is 0 Å². The normalized spacial score (nSPS) is 35.4. The van der Waals surface area contributed by atoms with Crippen LogP contribution >= 0.6 is 12.2 Å². The summed E-state index contributed by atoms with van der Waals surface area (Å²) in [5.41, 5.74) is 3.26. The largest absolute Gasteiger partial charge is 0.0840 e. The van der Waals surface area contributed by atoms with Gasteiger partial charge in [-0.3, -0.25) is 0 Å². The van der Waals surface area contributed by atoms with E-state index in [1.165, 1.54) is 28.8 Å². The van der Waals surface area contributed by atoms with E-state index in [-0.39, 0.29) is 5.41 Å². The molecule has 0 N–H and O–H groups in total. The van der Waals surface area contributed by atoms with Gasteiger partial charge in [-0.25, -0.2) is 0 Å². The molecule has 1 heteroatoms. The topological polar surface area (TPSA) is 0 Å². The maximum Gasteiger partial charge on any atom is 0.0252 e. The molecule has 2 unspecified atom stereocenters. The van der Waals surface area contributed by atoms with Crippen LogP contribution in [0.4, 0.5) is 0 Å². The van der Waals surface area contributed by atoms with Gasteiger partial charge in [0.05, 0.1) is 0 Å². The Morgan fingerprint density at radius 3 is 2.39 bits per heavy atom. The van der Waals surface area contributed by atoms with Crippen molar-refractivity contribution in [2.75, 3.05) is 0 Å². The lowest BCUT2D eigenvalue weighted by Crippen LogP contribution is -2.31. The van der Waals surface area contributed by atoms with Crippen LogP contribution in [0, 0.1) is 16.7 Å². The summed E-state index contributed by atoms with van der Waals surface area (Å²) in [4.78, 5) is 1.22. The molecule has 0 saturated heterocycles. The molecule has 18 heavy (non-hydrogen) atoms. The minimum Gasteiger partial charge on any atom is -0.0840 e. The third-order valence-electron chi connectivity index (χ3n) is 5.49. The van der Waals surface area contributed by atoms with E-state index in [1.807, 2.05) is 0 Å². The van der Waals surface area contributed by atoms with Crippen LogP contribution in [-0.2, 0) is 0 Å². The van der Waals surface area contributed by atoms with E-state index >= 15 is 0 Å². The lowest BCUT2D eigenvalue weighted by molar-refractivity contribution is 0.204. The molecule has 0 heterocycles. The highest BCUT2D eigenvalue weighted by atomic mass is 32.1. The monoisotopic (exact) mass is 256 g/mol. The molecule has 0 nitrogen and oxygen atoms in total. The summed E-state index contributed by atoms with van der Waals surface area (Å²) in [5, 5.41) is 0. The number of fused-ring (bicyclic) bond motifs is 2. The number of hydrogen-bond donors (Lipinski definition) is 0. The zero-order chi connectivity index (χ0) is 13.0. The van der Waals surface area contributed by atoms with Gasteiger partial charge in [-0.05, 0) is 35.3 Å². The molecule has 1 aromatic carbocycles. The second-order valence-corrected chi connectivity index (χ2v) is 6.89. The predicted octanol–water partition coefficient (Wildman–Crippen LogP) is 4.90. The Balaban J connectivity index is 2.07. The second kappa shape index (κ2) is 3.77. The number of benzene rings is 1. The molecular weight excluding hydrogens is 236 g/mol. The van der Waals surface area contributed by atoms with Crippen LogP contribution in [0.15, 0.2) is 35.9 Å². The predicted molar refractivity (Wildman–Crippen MR) is 81.6 cm³/mol. The van der Waals surface area contributed by atoms with Gasteiger partial charge < -0.3 is 0 Å². The van der Waals surface area contributed by atoms with Gasteiger partial charge in [0, 0.05) is 10.3 Å². The van der Waals surface area contributed by atoms with Crippen molar-refractivity contribution in [3.8, 4) is 0 Å². The maximum absolute atomic E-state index is 5.78. The zero-order valence-corrected chi connectivity index (χ0v) is 12.2. The van der Waals surface area contributed by atoms with Crippen molar-refractivity contribution in [2.45, 2.75) is 33.6 Å². The summed E-state index contributed by atoms with van der Waals surface area (Å²) in [6.07, 6.45) is 4.87. The lowest BCUT2D eigenvalue weighted by Gasteiger charge is -2.33. The first-order chi connectivity index (χ1) is 8.47. The zero-order valence-electron chi connectivity index (χ0n) is 11.4. The Hall–Kier alpha value is -0.950. The van der Waals surface area contributed by atoms with Crippen molar-refractivity contribution >= 4 is 23.2 Å². The average molecular weight is 256 g/mol. The fourth-order valence-electron chi connectivity index (χ4n) is 3.82. The standard InChI is InChI=1S/C17H20S/c1-16(2)14-9-10-17(16,3)15(18)13(14)11-12-7-5-4-6-8-12/h4-8,11,14H,9-10H2,1-3H3/b13-11-. The number of thiocarbonyl (C=S) groups is 1. The van der Waals surface area contributed by atoms with E-state index in [1.54, 1.807) is 0 Å². The third-order valence-corrected chi connectivity index (χ3v) is 6.17. The van der Waals surface area contributed by atoms with Crippen LogP contribution in [-0.4, -0.2) is 4.86 Å². The minimum atomic E-state index is 0.230. The molecule has 2 aliphatic rings. The highest BCUT2D eigenvalue weighted by Crippen LogP contribution is 2.66. The van der Waals surface area contributed by atoms with Crippen LogP contribution < -0.4 is 0 Å². The maximum atomic E-state index is 5.78. The molecule has 2 bridgehead atoms.